The molecular weight excluding hydrogens is 534 g/mol. The number of nitrogens with one attached hydrogen (secondary N) is 5. The number of carbonyl (C=O) groups is 6. The smallest absolute Gasteiger partial charge is 0.255 e. The van der Waals surface area contributed by atoms with Gasteiger partial charge in [-0.25, -0.2) is 0 Å². The van der Waals surface area contributed by atoms with E-state index in [0.717, 1.165) is 0 Å². The van der Waals surface area contributed by atoms with Crippen molar-refractivity contribution in [3.63, 3.8) is 0 Å². The minimum Gasteiger partial charge on any atom is -0.491 e. The van der Waals surface area contributed by atoms with E-state index >= 15 is 0 Å². The number of fused-ring (bicyclic) bond motifs is 1. The summed E-state index contributed by atoms with van der Waals surface area (Å²) in [6.07, 6.45) is -0.448. The summed E-state index contributed by atoms with van der Waals surface area (Å²) in [7, 11) is 3.79. The average Bonchev–Trinajstić information content (AvgIpc) is 2.90. The minimum atomic E-state index is -1.41. The van der Waals surface area contributed by atoms with Gasteiger partial charge in [0, 0.05) is 6.54 Å². The first-order valence-corrected chi connectivity index (χ1v) is 13.5. The van der Waals surface area contributed by atoms with Crippen LogP contribution < -0.4 is 37.1 Å². The zero-order valence-electron chi connectivity index (χ0n) is 24.0. The first kappa shape index (κ1) is 33.0. The molecule has 1 aliphatic heterocycles. The van der Waals surface area contributed by atoms with Crippen molar-refractivity contribution in [2.45, 2.75) is 51.2 Å². The van der Waals surface area contributed by atoms with Crippen molar-refractivity contribution >= 4 is 35.4 Å². The summed E-state index contributed by atoms with van der Waals surface area (Å²) in [5.41, 5.74) is 5.43. The first-order chi connectivity index (χ1) is 19.4. The SMILES string of the molecule is CC(C)[C@H]1NC(=O)[C@H](CC(N)=O)NC(=O)C[C@@H](C(=O)NCCCN(C)C)NC(=O)c2ccccc2OCCNC1=O. The third-order valence-corrected chi connectivity index (χ3v) is 6.19. The molecule has 1 aromatic rings. The van der Waals surface area contributed by atoms with E-state index < -0.39 is 66.4 Å². The molecule has 0 saturated carbocycles. The van der Waals surface area contributed by atoms with E-state index in [9.17, 15) is 28.8 Å². The molecule has 0 fully saturated rings. The Kier molecular flexibility index (Phi) is 13.0. The molecule has 3 atom stereocenters. The highest BCUT2D eigenvalue weighted by molar-refractivity contribution is 6.01. The van der Waals surface area contributed by atoms with Crippen LogP contribution in [0.25, 0.3) is 0 Å². The standard InChI is InChI=1S/C27H41N7O7/c1-16(2)23-27(40)30-11-13-41-20-9-6-5-8-17(20)24(37)32-19(25(38)29-10-7-12-34(3)4)15-22(36)31-18(14-21(28)35)26(39)33-23/h5-6,8-9,16,18-19,23H,7,10-15H2,1-4H3,(H2,28,35)(H,29,38)(H,30,40)(H,31,36)(H,32,37)(H,33,39)/t18-,19-,23+/m0/s1. The van der Waals surface area contributed by atoms with Crippen LogP contribution in [0.15, 0.2) is 24.3 Å². The number of amides is 6. The Morgan fingerprint density at radius 3 is 2.44 bits per heavy atom. The van der Waals surface area contributed by atoms with Crippen LogP contribution in [-0.4, -0.2) is 98.8 Å². The topological polar surface area (TPSA) is 201 Å². The molecule has 0 unspecified atom stereocenters. The second-order valence-electron chi connectivity index (χ2n) is 10.3. The molecular formula is C27H41N7O7. The minimum absolute atomic E-state index is 0.00886. The van der Waals surface area contributed by atoms with Gasteiger partial charge in [-0.3, -0.25) is 28.8 Å². The number of para-hydroxylation sites is 1. The summed E-state index contributed by atoms with van der Waals surface area (Å²) < 4.78 is 5.73. The van der Waals surface area contributed by atoms with Gasteiger partial charge in [-0.15, -0.1) is 0 Å². The number of primary amides is 1. The number of nitrogens with zero attached hydrogens (tertiary/aromatic N) is 1. The summed E-state index contributed by atoms with van der Waals surface area (Å²) >= 11 is 0. The Hall–Kier alpha value is -4.20. The third kappa shape index (κ3) is 11.1. The normalized spacial score (nSPS) is 21.0. The molecule has 14 nitrogen and oxygen atoms in total. The van der Waals surface area contributed by atoms with E-state index in [4.69, 9.17) is 10.5 Å². The molecule has 14 heteroatoms. The molecule has 41 heavy (non-hydrogen) atoms. The van der Waals surface area contributed by atoms with Gasteiger partial charge in [-0.2, -0.15) is 0 Å². The predicted octanol–water partition coefficient (Wildman–Crippen LogP) is -1.75. The van der Waals surface area contributed by atoms with Crippen LogP contribution >= 0.6 is 0 Å². The van der Waals surface area contributed by atoms with E-state index in [-0.39, 0.29) is 30.4 Å². The van der Waals surface area contributed by atoms with Gasteiger partial charge in [0.25, 0.3) is 5.91 Å². The number of nitrogens with two attached hydrogens (primary N) is 1. The van der Waals surface area contributed by atoms with Crippen LogP contribution in [0.2, 0.25) is 0 Å². The van der Waals surface area contributed by atoms with Crippen molar-refractivity contribution in [2.75, 3.05) is 40.3 Å². The number of carbonyl (C=O) groups excluding carboxylic acids is 6. The molecule has 0 bridgehead atoms. The Bertz CT molecular complexity index is 1110. The second-order valence-corrected chi connectivity index (χ2v) is 10.3. The highest BCUT2D eigenvalue weighted by Crippen LogP contribution is 2.18. The summed E-state index contributed by atoms with van der Waals surface area (Å²) in [4.78, 5) is 78.9. The molecule has 0 aromatic heterocycles. The molecule has 226 valence electrons. The largest absolute Gasteiger partial charge is 0.491 e. The number of ether oxygens (including phenoxy) is 1. The molecule has 1 heterocycles. The highest BCUT2D eigenvalue weighted by atomic mass is 16.5. The van der Waals surface area contributed by atoms with E-state index in [1.54, 1.807) is 32.0 Å². The molecule has 0 spiro atoms. The summed E-state index contributed by atoms with van der Waals surface area (Å²) in [6.45, 7) is 4.53. The summed E-state index contributed by atoms with van der Waals surface area (Å²) in [5.74, 6) is -4.34. The Labute approximate surface area is 239 Å². The lowest BCUT2D eigenvalue weighted by Crippen LogP contribution is -2.57. The lowest BCUT2D eigenvalue weighted by atomic mass is 10.0. The zero-order valence-corrected chi connectivity index (χ0v) is 24.0. The van der Waals surface area contributed by atoms with Gasteiger partial charge in [0.05, 0.1) is 24.9 Å². The quantitative estimate of drug-likeness (QED) is 0.196. The van der Waals surface area contributed by atoms with Gasteiger partial charge in [0.1, 0.15) is 30.5 Å². The highest BCUT2D eigenvalue weighted by Gasteiger charge is 2.32. The van der Waals surface area contributed by atoms with Crippen LogP contribution in [0, 0.1) is 5.92 Å². The van der Waals surface area contributed by atoms with Gasteiger partial charge < -0.3 is 42.0 Å². The molecule has 0 saturated heterocycles. The molecule has 1 aromatic carbocycles. The Morgan fingerprint density at radius 1 is 1.07 bits per heavy atom. The van der Waals surface area contributed by atoms with Crippen LogP contribution in [-0.2, 0) is 24.0 Å². The van der Waals surface area contributed by atoms with Gasteiger partial charge in [-0.1, -0.05) is 26.0 Å². The van der Waals surface area contributed by atoms with E-state index in [1.165, 1.54) is 6.07 Å². The number of benzene rings is 1. The fourth-order valence-corrected chi connectivity index (χ4v) is 4.04. The van der Waals surface area contributed by atoms with E-state index in [1.807, 2.05) is 19.0 Å². The third-order valence-electron chi connectivity index (χ3n) is 6.19. The van der Waals surface area contributed by atoms with E-state index in [2.05, 4.69) is 26.6 Å². The number of rotatable bonds is 8. The predicted molar refractivity (Wildman–Crippen MR) is 150 cm³/mol. The van der Waals surface area contributed by atoms with Gasteiger partial charge >= 0.3 is 0 Å². The van der Waals surface area contributed by atoms with Crippen molar-refractivity contribution in [3.8, 4) is 5.75 Å². The van der Waals surface area contributed by atoms with Crippen molar-refractivity contribution in [2.24, 2.45) is 11.7 Å². The van der Waals surface area contributed by atoms with Crippen LogP contribution in [0.4, 0.5) is 0 Å². The fraction of sp³-hybridized carbons (Fsp3) is 0.556. The first-order valence-electron chi connectivity index (χ1n) is 13.5. The maximum Gasteiger partial charge on any atom is 0.255 e. The molecule has 2 rings (SSSR count). The molecule has 7 N–H and O–H groups in total. The molecule has 1 aliphatic rings. The Balaban J connectivity index is 2.38. The Morgan fingerprint density at radius 2 is 1.78 bits per heavy atom. The van der Waals surface area contributed by atoms with Gasteiger partial charge in [0.2, 0.25) is 29.5 Å². The monoisotopic (exact) mass is 575 g/mol. The second kappa shape index (κ2) is 16.2. The summed E-state index contributed by atoms with van der Waals surface area (Å²) in [6, 6.07) is 2.65. The van der Waals surface area contributed by atoms with Crippen LogP contribution in [0.3, 0.4) is 0 Å². The number of hydrogen-bond donors (Lipinski definition) is 6. The molecule has 0 aliphatic carbocycles. The lowest BCUT2D eigenvalue weighted by molar-refractivity contribution is -0.134. The maximum atomic E-state index is 13.2. The van der Waals surface area contributed by atoms with Crippen molar-refractivity contribution in [1.29, 1.82) is 0 Å². The molecule has 0 radical (unpaired) electrons. The number of hydrogen-bond acceptors (Lipinski definition) is 8. The van der Waals surface area contributed by atoms with Gasteiger partial charge in [0.15, 0.2) is 0 Å². The van der Waals surface area contributed by atoms with Crippen molar-refractivity contribution in [1.82, 2.24) is 31.5 Å². The lowest BCUT2D eigenvalue weighted by Gasteiger charge is -2.25. The maximum absolute atomic E-state index is 13.2. The summed E-state index contributed by atoms with van der Waals surface area (Å²) in [5, 5.41) is 13.0. The fourth-order valence-electron chi connectivity index (χ4n) is 4.04. The van der Waals surface area contributed by atoms with Gasteiger partial charge in [-0.05, 0) is 45.1 Å². The molecule has 6 amide bonds. The average molecular weight is 576 g/mol. The van der Waals surface area contributed by atoms with Crippen molar-refractivity contribution in [3.05, 3.63) is 29.8 Å². The van der Waals surface area contributed by atoms with Crippen LogP contribution in [0.5, 0.6) is 5.75 Å². The zero-order chi connectivity index (χ0) is 30.5. The van der Waals surface area contributed by atoms with Crippen LogP contribution in [0.1, 0.15) is 43.5 Å². The van der Waals surface area contributed by atoms with E-state index in [0.29, 0.717) is 19.5 Å². The van der Waals surface area contributed by atoms with Crippen molar-refractivity contribution < 1.29 is 33.5 Å².